The summed E-state index contributed by atoms with van der Waals surface area (Å²) in [6, 6.07) is 5.58. The molecule has 22 heavy (non-hydrogen) atoms. The van der Waals surface area contributed by atoms with E-state index in [-0.39, 0.29) is 6.04 Å². The van der Waals surface area contributed by atoms with Crippen LogP contribution in [-0.4, -0.2) is 41.8 Å². The van der Waals surface area contributed by atoms with E-state index in [2.05, 4.69) is 4.90 Å². The lowest BCUT2D eigenvalue weighted by Crippen LogP contribution is -2.43. The number of rotatable bonds is 3. The predicted octanol–water partition coefficient (Wildman–Crippen LogP) is 2.68. The summed E-state index contributed by atoms with van der Waals surface area (Å²) >= 11 is 0. The van der Waals surface area contributed by atoms with Gasteiger partial charge in [-0.15, -0.1) is 0 Å². The molecular formula is C17H23NO4. The molecule has 5 heteroatoms. The Bertz CT molecular complexity index is 531. The van der Waals surface area contributed by atoms with Gasteiger partial charge in [-0.05, 0) is 49.9 Å². The van der Waals surface area contributed by atoms with E-state index in [0.29, 0.717) is 13.2 Å². The molecular weight excluding hydrogens is 282 g/mol. The average Bonchev–Trinajstić information content (AvgIpc) is 2.49. The van der Waals surface area contributed by atoms with Crippen molar-refractivity contribution in [3.8, 4) is 11.5 Å². The number of carboxylic acid groups (broad SMARTS) is 1. The lowest BCUT2D eigenvalue weighted by atomic mass is 10.0. The third kappa shape index (κ3) is 3.53. The largest absolute Gasteiger partial charge is 0.490 e. The highest BCUT2D eigenvalue weighted by Gasteiger charge is 2.28. The van der Waals surface area contributed by atoms with Gasteiger partial charge in [-0.25, -0.2) is 0 Å². The maximum atomic E-state index is 11.4. The van der Waals surface area contributed by atoms with Crippen molar-refractivity contribution < 1.29 is 19.4 Å². The quantitative estimate of drug-likeness (QED) is 0.930. The molecule has 1 N–H and O–H groups in total. The summed E-state index contributed by atoms with van der Waals surface area (Å²) in [7, 11) is 0. The van der Waals surface area contributed by atoms with E-state index in [1.807, 2.05) is 18.2 Å². The highest BCUT2D eigenvalue weighted by molar-refractivity contribution is 5.73. The summed E-state index contributed by atoms with van der Waals surface area (Å²) in [6.45, 7) is 2.92. The van der Waals surface area contributed by atoms with Crippen LogP contribution in [0, 0.1) is 0 Å². The molecule has 1 saturated heterocycles. The lowest BCUT2D eigenvalue weighted by Gasteiger charge is -2.33. The van der Waals surface area contributed by atoms with E-state index in [0.717, 1.165) is 62.3 Å². The smallest absolute Gasteiger partial charge is 0.320 e. The van der Waals surface area contributed by atoms with Gasteiger partial charge in [0.25, 0.3) is 0 Å². The van der Waals surface area contributed by atoms with Crippen LogP contribution in [0.5, 0.6) is 11.5 Å². The summed E-state index contributed by atoms with van der Waals surface area (Å²) in [5.74, 6) is 0.850. The molecule has 0 spiro atoms. The molecule has 120 valence electrons. The van der Waals surface area contributed by atoms with Crippen LogP contribution in [0.25, 0.3) is 0 Å². The molecule has 1 unspecified atom stereocenters. The van der Waals surface area contributed by atoms with E-state index in [1.54, 1.807) is 0 Å². The van der Waals surface area contributed by atoms with Crippen molar-refractivity contribution in [3.63, 3.8) is 0 Å². The zero-order valence-electron chi connectivity index (χ0n) is 12.8. The van der Waals surface area contributed by atoms with E-state index >= 15 is 0 Å². The number of nitrogens with zero attached hydrogens (tertiary/aromatic N) is 1. The van der Waals surface area contributed by atoms with Crippen LogP contribution in [0.2, 0.25) is 0 Å². The summed E-state index contributed by atoms with van der Waals surface area (Å²) in [6.07, 6.45) is 4.80. The van der Waals surface area contributed by atoms with Gasteiger partial charge in [-0.3, -0.25) is 9.69 Å². The Balaban J connectivity index is 1.74. The molecule has 1 aromatic carbocycles. The molecule has 0 bridgehead atoms. The van der Waals surface area contributed by atoms with Crippen LogP contribution in [0.3, 0.4) is 0 Å². The molecule has 0 amide bonds. The fourth-order valence-corrected chi connectivity index (χ4v) is 3.15. The van der Waals surface area contributed by atoms with Crippen molar-refractivity contribution in [1.82, 2.24) is 4.90 Å². The normalized spacial score (nSPS) is 22.6. The summed E-state index contributed by atoms with van der Waals surface area (Å²) in [5.41, 5.74) is 1.08. The number of piperidine rings is 1. The van der Waals surface area contributed by atoms with Crippen molar-refractivity contribution in [3.05, 3.63) is 23.8 Å². The molecule has 2 heterocycles. The van der Waals surface area contributed by atoms with Crippen molar-refractivity contribution in [2.24, 2.45) is 0 Å². The van der Waals surface area contributed by atoms with Gasteiger partial charge in [0.05, 0.1) is 13.2 Å². The minimum Gasteiger partial charge on any atom is -0.490 e. The Labute approximate surface area is 130 Å². The van der Waals surface area contributed by atoms with Gasteiger partial charge >= 0.3 is 5.97 Å². The molecule has 0 aliphatic carbocycles. The maximum absolute atomic E-state index is 11.4. The summed E-state index contributed by atoms with van der Waals surface area (Å²) in [5, 5.41) is 9.36. The summed E-state index contributed by atoms with van der Waals surface area (Å²) in [4.78, 5) is 13.4. The highest BCUT2D eigenvalue weighted by atomic mass is 16.5. The molecule has 1 aromatic rings. The summed E-state index contributed by atoms with van der Waals surface area (Å²) < 4.78 is 11.5. The molecule has 0 aromatic heterocycles. The minimum atomic E-state index is -0.717. The first-order valence-corrected chi connectivity index (χ1v) is 8.09. The fourth-order valence-electron chi connectivity index (χ4n) is 3.15. The topological polar surface area (TPSA) is 59.0 Å². The van der Waals surface area contributed by atoms with Gasteiger partial charge in [-0.1, -0.05) is 12.5 Å². The van der Waals surface area contributed by atoms with E-state index in [1.165, 1.54) is 0 Å². The first kappa shape index (κ1) is 15.2. The van der Waals surface area contributed by atoms with Crippen LogP contribution in [0.1, 0.15) is 37.7 Å². The predicted molar refractivity (Wildman–Crippen MR) is 82.4 cm³/mol. The van der Waals surface area contributed by atoms with Crippen LogP contribution < -0.4 is 9.47 Å². The molecule has 0 saturated carbocycles. The molecule has 3 rings (SSSR count). The van der Waals surface area contributed by atoms with Crippen LogP contribution >= 0.6 is 0 Å². The first-order chi connectivity index (χ1) is 10.7. The second-order valence-electron chi connectivity index (χ2n) is 6.01. The Kier molecular flexibility index (Phi) is 4.83. The second-order valence-corrected chi connectivity index (χ2v) is 6.01. The lowest BCUT2D eigenvalue weighted by molar-refractivity contribution is -0.144. The van der Waals surface area contributed by atoms with E-state index in [9.17, 15) is 9.90 Å². The van der Waals surface area contributed by atoms with Gasteiger partial charge in [0, 0.05) is 6.54 Å². The number of aliphatic carboxylic acids is 1. The zero-order chi connectivity index (χ0) is 15.4. The average molecular weight is 305 g/mol. The van der Waals surface area contributed by atoms with Crippen molar-refractivity contribution in [1.29, 1.82) is 0 Å². The van der Waals surface area contributed by atoms with Gasteiger partial charge in [0.15, 0.2) is 11.5 Å². The second kappa shape index (κ2) is 7.01. The molecule has 2 aliphatic rings. The Morgan fingerprint density at radius 3 is 2.68 bits per heavy atom. The van der Waals surface area contributed by atoms with Crippen molar-refractivity contribution in [2.75, 3.05) is 19.8 Å². The Hall–Kier alpha value is -1.75. The molecule has 1 fully saturated rings. The van der Waals surface area contributed by atoms with E-state index in [4.69, 9.17) is 9.47 Å². The Morgan fingerprint density at radius 2 is 1.91 bits per heavy atom. The van der Waals surface area contributed by atoms with Gasteiger partial charge in [0.1, 0.15) is 6.04 Å². The Morgan fingerprint density at radius 1 is 1.14 bits per heavy atom. The number of carbonyl (C=O) groups is 1. The van der Waals surface area contributed by atoms with Gasteiger partial charge in [0.2, 0.25) is 0 Å². The zero-order valence-corrected chi connectivity index (χ0v) is 12.8. The molecule has 0 radical (unpaired) electrons. The first-order valence-electron chi connectivity index (χ1n) is 8.09. The van der Waals surface area contributed by atoms with Crippen LogP contribution in [0.15, 0.2) is 18.2 Å². The molecule has 5 nitrogen and oxygen atoms in total. The fraction of sp³-hybridized carbons (Fsp3) is 0.588. The third-order valence-electron chi connectivity index (χ3n) is 4.35. The standard InChI is InChI=1S/C17H23NO4/c19-17(20)14-5-1-2-8-18(14)12-13-6-7-15-16(11-13)22-10-4-3-9-21-15/h6-7,11,14H,1-5,8-10,12H2,(H,19,20). The molecule has 1 atom stereocenters. The number of hydrogen-bond acceptors (Lipinski definition) is 4. The highest BCUT2D eigenvalue weighted by Crippen LogP contribution is 2.31. The van der Waals surface area contributed by atoms with E-state index < -0.39 is 5.97 Å². The monoisotopic (exact) mass is 305 g/mol. The molecule has 2 aliphatic heterocycles. The number of hydrogen-bond donors (Lipinski definition) is 1. The van der Waals surface area contributed by atoms with Crippen molar-refractivity contribution in [2.45, 2.75) is 44.7 Å². The number of benzene rings is 1. The number of ether oxygens (including phenoxy) is 2. The maximum Gasteiger partial charge on any atom is 0.320 e. The SMILES string of the molecule is O=C(O)C1CCCCN1Cc1ccc2c(c1)OCCCCO2. The number of fused-ring (bicyclic) bond motifs is 1. The minimum absolute atomic E-state index is 0.368. The number of likely N-dealkylation sites (tertiary alicyclic amines) is 1. The third-order valence-corrected chi connectivity index (χ3v) is 4.35. The van der Waals surface area contributed by atoms with Crippen molar-refractivity contribution >= 4 is 5.97 Å². The van der Waals surface area contributed by atoms with Gasteiger partial charge in [-0.2, -0.15) is 0 Å². The number of carboxylic acids is 1. The van der Waals surface area contributed by atoms with Crippen LogP contribution in [0.4, 0.5) is 0 Å². The van der Waals surface area contributed by atoms with Gasteiger partial charge < -0.3 is 14.6 Å². The van der Waals surface area contributed by atoms with Crippen LogP contribution in [-0.2, 0) is 11.3 Å².